The average molecular weight is 260 g/mol. The second-order valence-electron chi connectivity index (χ2n) is 3.88. The van der Waals surface area contributed by atoms with Gasteiger partial charge >= 0.3 is 0 Å². The topological polar surface area (TPSA) is 45.1 Å². The molecule has 94 valence electrons. The van der Waals surface area contributed by atoms with E-state index in [9.17, 15) is 9.90 Å². The monoisotopic (exact) mass is 260 g/mol. The highest BCUT2D eigenvalue weighted by molar-refractivity contribution is 7.99. The minimum Gasteiger partial charge on any atom is -0.549 e. The molecule has 18 heavy (non-hydrogen) atoms. The Bertz CT molecular complexity index is 508. The van der Waals surface area contributed by atoms with E-state index in [2.05, 4.69) is 22.8 Å². The first-order valence-electron chi connectivity index (χ1n) is 5.75. The lowest BCUT2D eigenvalue weighted by Gasteiger charge is -2.09. The Morgan fingerprint density at radius 1 is 1.17 bits per heavy atom. The molecule has 4 heteroatoms. The number of carbonyl (C=O) groups excluding carboxylic acids is 1. The van der Waals surface area contributed by atoms with Crippen molar-refractivity contribution < 1.29 is 9.90 Å². The van der Waals surface area contributed by atoms with Crippen LogP contribution in [0.25, 0.3) is 11.3 Å². The van der Waals surface area contributed by atoms with E-state index in [0.29, 0.717) is 0 Å². The fourth-order valence-electron chi connectivity index (χ4n) is 1.80. The molecule has 0 fully saturated rings. The molecule has 0 atom stereocenters. The molecular weight excluding hydrogens is 246 g/mol. The van der Waals surface area contributed by atoms with Crippen LogP contribution in [0.1, 0.15) is 0 Å². The lowest BCUT2D eigenvalue weighted by atomic mass is 10.1. The first kappa shape index (κ1) is 12.8. The molecule has 0 aliphatic heterocycles. The quantitative estimate of drug-likeness (QED) is 0.742. The van der Waals surface area contributed by atoms with Crippen molar-refractivity contribution >= 4 is 17.7 Å². The first-order chi connectivity index (χ1) is 8.77. The Kier molecular flexibility index (Phi) is 4.47. The van der Waals surface area contributed by atoms with Gasteiger partial charge in [-0.25, -0.2) is 0 Å². The summed E-state index contributed by atoms with van der Waals surface area (Å²) in [5, 5.41) is 10.3. The maximum Gasteiger partial charge on any atom is 0.0513 e. The van der Waals surface area contributed by atoms with Crippen LogP contribution in [0.3, 0.4) is 0 Å². The molecular formula is C14H14NO2S-. The van der Waals surface area contributed by atoms with E-state index in [0.717, 1.165) is 18.0 Å². The van der Waals surface area contributed by atoms with Crippen molar-refractivity contribution in [3.05, 3.63) is 48.7 Å². The van der Waals surface area contributed by atoms with Gasteiger partial charge in [-0.05, 0) is 17.7 Å². The second kappa shape index (κ2) is 6.31. The summed E-state index contributed by atoms with van der Waals surface area (Å²) in [5.74, 6) is -0.180. The molecule has 0 unspecified atom stereocenters. The van der Waals surface area contributed by atoms with Crippen molar-refractivity contribution in [2.75, 3.05) is 11.5 Å². The number of benzene rings is 1. The van der Waals surface area contributed by atoms with Gasteiger partial charge in [-0.15, -0.1) is 0 Å². The van der Waals surface area contributed by atoms with Crippen molar-refractivity contribution in [2.24, 2.45) is 0 Å². The van der Waals surface area contributed by atoms with Crippen molar-refractivity contribution in [1.82, 2.24) is 4.57 Å². The number of hydrogen-bond donors (Lipinski definition) is 0. The van der Waals surface area contributed by atoms with Crippen molar-refractivity contribution in [3.63, 3.8) is 0 Å². The van der Waals surface area contributed by atoms with Crippen LogP contribution in [0.15, 0.2) is 48.7 Å². The number of carbonyl (C=O) groups is 1. The maximum absolute atomic E-state index is 10.3. The third-order valence-electron chi connectivity index (χ3n) is 2.60. The summed E-state index contributed by atoms with van der Waals surface area (Å²) >= 11 is 1.38. The average Bonchev–Trinajstić information content (AvgIpc) is 2.84. The molecule has 0 bridgehead atoms. The molecule has 0 spiro atoms. The Labute approximate surface area is 110 Å². The summed E-state index contributed by atoms with van der Waals surface area (Å²) in [6.45, 7) is 0.801. The predicted octanol–water partition coefficient (Wildman–Crippen LogP) is 1.64. The van der Waals surface area contributed by atoms with Crippen LogP contribution in [0.5, 0.6) is 0 Å². The molecule has 2 rings (SSSR count). The summed E-state index contributed by atoms with van der Waals surface area (Å²) in [4.78, 5) is 10.3. The number of rotatable bonds is 6. The normalized spacial score (nSPS) is 10.4. The van der Waals surface area contributed by atoms with Crippen molar-refractivity contribution in [2.45, 2.75) is 6.54 Å². The lowest BCUT2D eigenvalue weighted by molar-refractivity contribution is -0.301. The SMILES string of the molecule is O=C([O-])CSCCn1cccc1-c1ccccc1. The predicted molar refractivity (Wildman–Crippen MR) is 72.2 cm³/mol. The van der Waals surface area contributed by atoms with Gasteiger partial charge in [0.2, 0.25) is 0 Å². The molecule has 0 amide bonds. The molecule has 0 saturated heterocycles. The van der Waals surface area contributed by atoms with Crippen LogP contribution in [-0.2, 0) is 11.3 Å². The van der Waals surface area contributed by atoms with Crippen LogP contribution < -0.4 is 5.11 Å². The van der Waals surface area contributed by atoms with Gasteiger partial charge in [0.25, 0.3) is 0 Å². The minimum atomic E-state index is -1.00. The first-order valence-corrected chi connectivity index (χ1v) is 6.91. The van der Waals surface area contributed by atoms with E-state index in [1.165, 1.54) is 17.3 Å². The third kappa shape index (κ3) is 3.40. The van der Waals surface area contributed by atoms with Gasteiger partial charge in [0.05, 0.1) is 5.97 Å². The van der Waals surface area contributed by atoms with Crippen molar-refractivity contribution in [3.8, 4) is 11.3 Å². The summed E-state index contributed by atoms with van der Waals surface area (Å²) in [6.07, 6.45) is 2.02. The fourth-order valence-corrected chi connectivity index (χ4v) is 2.44. The van der Waals surface area contributed by atoms with Crippen LogP contribution >= 0.6 is 11.8 Å². The molecule has 1 heterocycles. The Morgan fingerprint density at radius 3 is 2.67 bits per heavy atom. The number of carboxylic acids is 1. The number of aliphatic carboxylic acids is 1. The van der Waals surface area contributed by atoms with Gasteiger partial charge in [-0.1, -0.05) is 30.3 Å². The highest BCUT2D eigenvalue weighted by Crippen LogP contribution is 2.20. The molecule has 3 nitrogen and oxygen atoms in total. The van der Waals surface area contributed by atoms with Gasteiger partial charge in [-0.2, -0.15) is 11.8 Å². The number of nitrogens with zero attached hydrogens (tertiary/aromatic N) is 1. The summed E-state index contributed by atoms with van der Waals surface area (Å²) in [6, 6.07) is 14.2. The lowest BCUT2D eigenvalue weighted by Crippen LogP contribution is -2.24. The summed E-state index contributed by atoms with van der Waals surface area (Å²) < 4.78 is 2.14. The van der Waals surface area contributed by atoms with E-state index in [1.807, 2.05) is 30.5 Å². The molecule has 0 aliphatic carbocycles. The molecule has 0 radical (unpaired) electrons. The van der Waals surface area contributed by atoms with E-state index >= 15 is 0 Å². The maximum atomic E-state index is 10.3. The Morgan fingerprint density at radius 2 is 1.94 bits per heavy atom. The molecule has 1 aromatic heterocycles. The summed E-state index contributed by atoms with van der Waals surface area (Å²) in [7, 11) is 0. The van der Waals surface area contributed by atoms with Crippen molar-refractivity contribution in [1.29, 1.82) is 0 Å². The Balaban J connectivity index is 1.98. The third-order valence-corrected chi connectivity index (χ3v) is 3.51. The fraction of sp³-hybridized carbons (Fsp3) is 0.214. The van der Waals surface area contributed by atoms with Crippen LogP contribution in [0, 0.1) is 0 Å². The van der Waals surface area contributed by atoms with Gasteiger partial charge in [-0.3, -0.25) is 0 Å². The number of aryl methyl sites for hydroxylation is 1. The number of thioether (sulfide) groups is 1. The van der Waals surface area contributed by atoms with E-state index in [1.54, 1.807) is 0 Å². The Hall–Kier alpha value is -1.68. The highest BCUT2D eigenvalue weighted by Gasteiger charge is 2.02. The molecule has 1 aromatic carbocycles. The number of hydrogen-bond acceptors (Lipinski definition) is 3. The zero-order chi connectivity index (χ0) is 12.8. The standard InChI is InChI=1S/C14H15NO2S/c16-14(17)11-18-10-9-15-8-4-7-13(15)12-5-2-1-3-6-12/h1-8H,9-11H2,(H,16,17)/p-1. The van der Waals surface area contributed by atoms with Gasteiger partial charge in [0.1, 0.15) is 0 Å². The largest absolute Gasteiger partial charge is 0.549 e. The van der Waals surface area contributed by atoms with Crippen LogP contribution in [0.4, 0.5) is 0 Å². The molecule has 2 aromatic rings. The zero-order valence-electron chi connectivity index (χ0n) is 9.91. The molecule has 0 aliphatic rings. The highest BCUT2D eigenvalue weighted by atomic mass is 32.2. The number of aromatic nitrogens is 1. The minimum absolute atomic E-state index is 0.0575. The second-order valence-corrected chi connectivity index (χ2v) is 4.98. The molecule has 0 saturated carbocycles. The van der Waals surface area contributed by atoms with Gasteiger partial charge < -0.3 is 14.5 Å². The van der Waals surface area contributed by atoms with Crippen LogP contribution in [-0.4, -0.2) is 22.0 Å². The van der Waals surface area contributed by atoms with Gasteiger partial charge in [0.15, 0.2) is 0 Å². The number of carboxylic acid groups (broad SMARTS) is 1. The zero-order valence-corrected chi connectivity index (χ0v) is 10.7. The van der Waals surface area contributed by atoms with Gasteiger partial charge in [0, 0.05) is 29.9 Å². The van der Waals surface area contributed by atoms with Crippen LogP contribution in [0.2, 0.25) is 0 Å². The van der Waals surface area contributed by atoms with E-state index in [4.69, 9.17) is 0 Å². The van der Waals surface area contributed by atoms with E-state index in [-0.39, 0.29) is 5.75 Å². The summed E-state index contributed by atoms with van der Waals surface area (Å²) in [5.41, 5.74) is 2.33. The smallest absolute Gasteiger partial charge is 0.0513 e. The molecule has 0 N–H and O–H groups in total. The van der Waals surface area contributed by atoms with E-state index < -0.39 is 5.97 Å².